The highest BCUT2D eigenvalue weighted by molar-refractivity contribution is 6.35. The lowest BCUT2D eigenvalue weighted by Crippen LogP contribution is -2.33. The highest BCUT2D eigenvalue weighted by atomic mass is 35.5. The van der Waals surface area contributed by atoms with Crippen molar-refractivity contribution in [3.05, 3.63) is 58.1 Å². The summed E-state index contributed by atoms with van der Waals surface area (Å²) in [5.41, 5.74) is 0.707. The number of carbonyl (C=O) groups excluding carboxylic acids is 3. The van der Waals surface area contributed by atoms with Crippen molar-refractivity contribution in [2.75, 3.05) is 18.5 Å². The molecule has 1 fully saturated rings. The number of para-hydroxylation sites is 1. The molecule has 7 nitrogen and oxygen atoms in total. The molecule has 2 N–H and O–H groups in total. The predicted molar refractivity (Wildman–Crippen MR) is 118 cm³/mol. The number of hydrogen-bond acceptors (Lipinski definition) is 5. The number of benzene rings is 2. The maximum atomic E-state index is 12.6. The number of carbonyl (C=O) groups is 3. The van der Waals surface area contributed by atoms with E-state index in [-0.39, 0.29) is 22.7 Å². The van der Waals surface area contributed by atoms with Crippen molar-refractivity contribution in [1.82, 2.24) is 5.32 Å². The van der Waals surface area contributed by atoms with Gasteiger partial charge < -0.3 is 20.1 Å². The van der Waals surface area contributed by atoms with Gasteiger partial charge in [-0.3, -0.25) is 9.59 Å². The van der Waals surface area contributed by atoms with Crippen LogP contribution < -0.4 is 15.4 Å². The molecule has 2 amide bonds. The molecule has 31 heavy (non-hydrogen) atoms. The van der Waals surface area contributed by atoms with E-state index in [0.29, 0.717) is 16.3 Å². The van der Waals surface area contributed by atoms with Crippen LogP contribution in [-0.2, 0) is 14.3 Å². The first-order valence-corrected chi connectivity index (χ1v) is 10.6. The number of ether oxygens (including phenoxy) is 2. The zero-order chi connectivity index (χ0) is 22.2. The first-order valence-electron chi connectivity index (χ1n) is 9.85. The number of rotatable bonds is 8. The quantitative estimate of drug-likeness (QED) is 0.570. The average Bonchev–Trinajstić information content (AvgIpc) is 3.25. The molecule has 0 aliphatic heterocycles. The first-order chi connectivity index (χ1) is 14.9. The number of halogens is 2. The minimum atomic E-state index is -0.742. The van der Waals surface area contributed by atoms with Gasteiger partial charge in [-0.2, -0.15) is 0 Å². The Kier molecular flexibility index (Phi) is 8.14. The van der Waals surface area contributed by atoms with Crippen LogP contribution in [0.25, 0.3) is 0 Å². The van der Waals surface area contributed by atoms with E-state index in [9.17, 15) is 14.4 Å². The van der Waals surface area contributed by atoms with Crippen LogP contribution >= 0.6 is 23.2 Å². The third-order valence-corrected chi connectivity index (χ3v) is 5.27. The molecule has 1 aliphatic rings. The summed E-state index contributed by atoms with van der Waals surface area (Å²) in [5, 5.41) is 6.29. The van der Waals surface area contributed by atoms with Gasteiger partial charge in [0.05, 0.1) is 16.3 Å². The molecule has 0 bridgehead atoms. The van der Waals surface area contributed by atoms with Crippen molar-refractivity contribution in [2.24, 2.45) is 0 Å². The van der Waals surface area contributed by atoms with Crippen molar-refractivity contribution < 1.29 is 23.9 Å². The lowest BCUT2D eigenvalue weighted by molar-refractivity contribution is -0.149. The monoisotopic (exact) mass is 464 g/mol. The SMILES string of the molecule is O=C(COC(=O)COc1ccc(Cl)cc1Cl)Nc1ccccc1C(=O)NC1CCCC1. The molecular weight excluding hydrogens is 443 g/mol. The zero-order valence-electron chi connectivity index (χ0n) is 16.7. The van der Waals surface area contributed by atoms with Crippen LogP contribution in [0.2, 0.25) is 10.0 Å². The normalized spacial score (nSPS) is 13.5. The van der Waals surface area contributed by atoms with Crippen LogP contribution in [-0.4, -0.2) is 37.0 Å². The molecule has 1 saturated carbocycles. The Morgan fingerprint density at radius 3 is 2.48 bits per heavy atom. The Labute approximate surface area is 190 Å². The lowest BCUT2D eigenvalue weighted by Gasteiger charge is -2.15. The summed E-state index contributed by atoms with van der Waals surface area (Å²) in [6.07, 6.45) is 4.12. The second-order valence-corrected chi connectivity index (χ2v) is 7.92. The van der Waals surface area contributed by atoms with Crippen molar-refractivity contribution in [1.29, 1.82) is 0 Å². The van der Waals surface area contributed by atoms with E-state index in [1.54, 1.807) is 30.3 Å². The Hall–Kier alpha value is -2.77. The fraction of sp³-hybridized carbons (Fsp3) is 0.318. The zero-order valence-corrected chi connectivity index (χ0v) is 18.2. The predicted octanol–water partition coefficient (Wildman–Crippen LogP) is 4.23. The van der Waals surface area contributed by atoms with Gasteiger partial charge >= 0.3 is 5.97 Å². The number of anilines is 1. The molecule has 0 unspecified atom stereocenters. The van der Waals surface area contributed by atoms with Crippen LogP contribution in [0.1, 0.15) is 36.0 Å². The standard InChI is InChI=1S/C22H22Cl2N2O5/c23-14-9-10-19(17(24)11-14)30-13-21(28)31-12-20(27)26-18-8-4-3-7-16(18)22(29)25-15-5-1-2-6-15/h3-4,7-11,15H,1-2,5-6,12-13H2,(H,25,29)(H,26,27). The van der Waals surface area contributed by atoms with E-state index in [0.717, 1.165) is 25.7 Å². The molecule has 2 aromatic rings. The van der Waals surface area contributed by atoms with Gasteiger partial charge in [-0.05, 0) is 43.2 Å². The molecule has 2 aromatic carbocycles. The minimum absolute atomic E-state index is 0.159. The van der Waals surface area contributed by atoms with Crippen LogP contribution in [0.3, 0.4) is 0 Å². The number of nitrogens with one attached hydrogen (secondary N) is 2. The van der Waals surface area contributed by atoms with Crippen LogP contribution in [0.5, 0.6) is 5.75 Å². The third-order valence-electron chi connectivity index (χ3n) is 4.74. The van der Waals surface area contributed by atoms with E-state index in [1.807, 2.05) is 0 Å². The molecule has 0 atom stereocenters. The molecular formula is C22H22Cl2N2O5. The summed E-state index contributed by atoms with van der Waals surface area (Å²) in [5.74, 6) is -1.28. The molecule has 0 aromatic heterocycles. The van der Waals surface area contributed by atoms with Crippen LogP contribution in [0.4, 0.5) is 5.69 Å². The van der Waals surface area contributed by atoms with Crippen LogP contribution in [0, 0.1) is 0 Å². The number of amides is 2. The fourth-order valence-electron chi connectivity index (χ4n) is 3.23. The van der Waals surface area contributed by atoms with Gasteiger partial charge in [0.25, 0.3) is 11.8 Å². The maximum Gasteiger partial charge on any atom is 0.344 e. The Bertz CT molecular complexity index is 961. The largest absolute Gasteiger partial charge is 0.480 e. The smallest absolute Gasteiger partial charge is 0.344 e. The van der Waals surface area contributed by atoms with Crippen molar-refractivity contribution in [3.8, 4) is 5.75 Å². The highest BCUT2D eigenvalue weighted by Gasteiger charge is 2.20. The van der Waals surface area contributed by atoms with Crippen molar-refractivity contribution >= 4 is 46.7 Å². The average molecular weight is 465 g/mol. The summed E-state index contributed by atoms with van der Waals surface area (Å²) >= 11 is 11.8. The molecule has 3 rings (SSSR count). The van der Waals surface area contributed by atoms with E-state index in [1.165, 1.54) is 12.1 Å². The Morgan fingerprint density at radius 1 is 1.00 bits per heavy atom. The second kappa shape index (κ2) is 11.0. The lowest BCUT2D eigenvalue weighted by atomic mass is 10.1. The van der Waals surface area contributed by atoms with Gasteiger partial charge in [0.2, 0.25) is 0 Å². The Balaban J connectivity index is 1.48. The Morgan fingerprint density at radius 2 is 1.74 bits per heavy atom. The second-order valence-electron chi connectivity index (χ2n) is 7.07. The molecule has 0 spiro atoms. The molecule has 0 radical (unpaired) electrons. The van der Waals surface area contributed by atoms with Crippen molar-refractivity contribution in [2.45, 2.75) is 31.7 Å². The van der Waals surface area contributed by atoms with E-state index < -0.39 is 25.1 Å². The summed E-state index contributed by atoms with van der Waals surface area (Å²) < 4.78 is 10.2. The first kappa shape index (κ1) is 22.9. The summed E-state index contributed by atoms with van der Waals surface area (Å²) in [4.78, 5) is 36.6. The van der Waals surface area contributed by atoms with Crippen LogP contribution in [0.15, 0.2) is 42.5 Å². The number of esters is 1. The summed E-state index contributed by atoms with van der Waals surface area (Å²) in [6, 6.07) is 11.4. The van der Waals surface area contributed by atoms with E-state index in [2.05, 4.69) is 10.6 Å². The molecule has 1 aliphatic carbocycles. The van der Waals surface area contributed by atoms with Gasteiger partial charge in [0.1, 0.15) is 5.75 Å². The topological polar surface area (TPSA) is 93.7 Å². The van der Waals surface area contributed by atoms with E-state index >= 15 is 0 Å². The van der Waals surface area contributed by atoms with Gasteiger partial charge in [0.15, 0.2) is 13.2 Å². The van der Waals surface area contributed by atoms with Gasteiger partial charge in [-0.25, -0.2) is 4.79 Å². The maximum absolute atomic E-state index is 12.6. The molecule has 9 heteroatoms. The third kappa shape index (κ3) is 6.87. The summed E-state index contributed by atoms with van der Waals surface area (Å²) in [6.45, 7) is -0.940. The van der Waals surface area contributed by atoms with Gasteiger partial charge in [0, 0.05) is 11.1 Å². The fourth-order valence-corrected chi connectivity index (χ4v) is 3.69. The minimum Gasteiger partial charge on any atom is -0.480 e. The van der Waals surface area contributed by atoms with E-state index in [4.69, 9.17) is 32.7 Å². The van der Waals surface area contributed by atoms with Crippen molar-refractivity contribution in [3.63, 3.8) is 0 Å². The molecule has 0 heterocycles. The molecule has 164 valence electrons. The highest BCUT2D eigenvalue weighted by Crippen LogP contribution is 2.27. The number of hydrogen-bond donors (Lipinski definition) is 2. The van der Waals surface area contributed by atoms with Gasteiger partial charge in [-0.1, -0.05) is 48.2 Å². The van der Waals surface area contributed by atoms with Gasteiger partial charge in [-0.15, -0.1) is 0 Å². The molecule has 0 saturated heterocycles. The summed E-state index contributed by atoms with van der Waals surface area (Å²) in [7, 11) is 0.